The van der Waals surface area contributed by atoms with Gasteiger partial charge in [0.05, 0.1) is 16.2 Å². The smallest absolute Gasteiger partial charge is 0.183 e. The molecule has 0 saturated carbocycles. The number of carbonyl (C=O) groups is 1. The number of ketones is 1. The van der Waals surface area contributed by atoms with Gasteiger partial charge in [-0.25, -0.2) is 8.42 Å². The lowest BCUT2D eigenvalue weighted by atomic mass is 10.1. The van der Waals surface area contributed by atoms with Crippen LogP contribution in [-0.4, -0.2) is 43.5 Å². The second-order valence-corrected chi connectivity index (χ2v) is 7.23. The third-order valence-corrected chi connectivity index (χ3v) is 6.25. The fraction of sp³-hybridized carbons (Fsp3) is 0.357. The van der Waals surface area contributed by atoms with Gasteiger partial charge >= 0.3 is 0 Å². The van der Waals surface area contributed by atoms with E-state index in [-0.39, 0.29) is 17.9 Å². The Morgan fingerprint density at radius 1 is 1.21 bits per heavy atom. The first-order chi connectivity index (χ1) is 9.01. The van der Waals surface area contributed by atoms with Crippen molar-refractivity contribution in [1.29, 1.82) is 0 Å². The molecule has 1 aromatic carbocycles. The van der Waals surface area contributed by atoms with Crippen LogP contribution in [0.4, 0.5) is 0 Å². The Hall–Kier alpha value is -1.46. The second kappa shape index (κ2) is 4.28. The maximum atomic E-state index is 12.7. The van der Waals surface area contributed by atoms with Crippen molar-refractivity contribution >= 4 is 15.6 Å². The first kappa shape index (κ1) is 12.6. The van der Waals surface area contributed by atoms with E-state index in [2.05, 4.69) is 0 Å². The standard InChI is InChI=1S/C14H15NO3S/c1-15-11-7-8-13(16)12(15)9-14(11)19(17,18)10-5-3-2-4-6-10/h2-8,11-12,14H,9H2,1H3. The summed E-state index contributed by atoms with van der Waals surface area (Å²) in [6, 6.07) is 7.97. The quantitative estimate of drug-likeness (QED) is 0.810. The average Bonchev–Trinajstić information content (AvgIpc) is 2.63. The SMILES string of the molecule is CN1C2CC(S(=O)(=O)c3ccccc3)C1C=CC2=O. The van der Waals surface area contributed by atoms with Gasteiger partial charge < -0.3 is 0 Å². The van der Waals surface area contributed by atoms with Crippen molar-refractivity contribution < 1.29 is 13.2 Å². The van der Waals surface area contributed by atoms with Crippen LogP contribution in [0.5, 0.6) is 0 Å². The molecule has 0 N–H and O–H groups in total. The highest BCUT2D eigenvalue weighted by molar-refractivity contribution is 7.92. The van der Waals surface area contributed by atoms with Gasteiger partial charge in [0.2, 0.25) is 0 Å². The van der Waals surface area contributed by atoms with E-state index < -0.39 is 15.1 Å². The Morgan fingerprint density at radius 2 is 1.89 bits per heavy atom. The van der Waals surface area contributed by atoms with Crippen molar-refractivity contribution in [3.63, 3.8) is 0 Å². The first-order valence-electron chi connectivity index (χ1n) is 6.25. The van der Waals surface area contributed by atoms with Crippen molar-refractivity contribution in [3.05, 3.63) is 42.5 Å². The molecule has 2 heterocycles. The van der Waals surface area contributed by atoms with Crippen LogP contribution in [0, 0.1) is 0 Å². The summed E-state index contributed by atoms with van der Waals surface area (Å²) >= 11 is 0. The van der Waals surface area contributed by atoms with Crippen LogP contribution in [0.1, 0.15) is 6.42 Å². The highest BCUT2D eigenvalue weighted by Crippen LogP contribution is 2.35. The Morgan fingerprint density at radius 3 is 2.53 bits per heavy atom. The molecule has 1 fully saturated rings. The van der Waals surface area contributed by atoms with Gasteiger partial charge in [-0.2, -0.15) is 0 Å². The van der Waals surface area contributed by atoms with Gasteiger partial charge in [0, 0.05) is 6.04 Å². The Kier molecular flexibility index (Phi) is 2.83. The van der Waals surface area contributed by atoms with E-state index in [0.717, 1.165) is 0 Å². The number of fused-ring (bicyclic) bond motifs is 2. The fourth-order valence-electron chi connectivity index (χ4n) is 2.97. The van der Waals surface area contributed by atoms with Crippen molar-refractivity contribution in [1.82, 2.24) is 4.90 Å². The van der Waals surface area contributed by atoms with Gasteiger partial charge in [-0.05, 0) is 31.7 Å². The van der Waals surface area contributed by atoms with E-state index in [1.807, 2.05) is 11.9 Å². The van der Waals surface area contributed by atoms with Crippen LogP contribution < -0.4 is 0 Å². The van der Waals surface area contributed by atoms with Crippen LogP contribution in [0.2, 0.25) is 0 Å². The molecular formula is C14H15NO3S. The number of carbonyl (C=O) groups excluding carboxylic acids is 1. The summed E-state index contributed by atoms with van der Waals surface area (Å²) in [5.41, 5.74) is 0. The molecule has 19 heavy (non-hydrogen) atoms. The Balaban J connectivity index is 2.01. The summed E-state index contributed by atoms with van der Waals surface area (Å²) in [5, 5.41) is -0.535. The molecule has 1 saturated heterocycles. The van der Waals surface area contributed by atoms with Crippen LogP contribution in [0.15, 0.2) is 47.4 Å². The van der Waals surface area contributed by atoms with E-state index in [0.29, 0.717) is 11.3 Å². The number of nitrogens with zero attached hydrogens (tertiary/aromatic N) is 1. The van der Waals surface area contributed by atoms with Crippen LogP contribution in [0.3, 0.4) is 0 Å². The molecule has 0 aliphatic carbocycles. The van der Waals surface area contributed by atoms with Crippen molar-refractivity contribution in [3.8, 4) is 0 Å². The molecule has 2 bridgehead atoms. The average molecular weight is 277 g/mol. The molecule has 3 rings (SSSR count). The number of hydrogen-bond donors (Lipinski definition) is 0. The van der Waals surface area contributed by atoms with E-state index in [9.17, 15) is 13.2 Å². The lowest BCUT2D eigenvalue weighted by molar-refractivity contribution is -0.119. The van der Waals surface area contributed by atoms with Crippen LogP contribution in [0.25, 0.3) is 0 Å². The molecule has 0 spiro atoms. The van der Waals surface area contributed by atoms with Gasteiger partial charge in [0.1, 0.15) is 0 Å². The molecule has 2 aliphatic heterocycles. The van der Waals surface area contributed by atoms with Gasteiger partial charge in [-0.1, -0.05) is 24.3 Å². The summed E-state index contributed by atoms with van der Waals surface area (Å²) in [6.45, 7) is 0. The molecule has 100 valence electrons. The van der Waals surface area contributed by atoms with Crippen LogP contribution >= 0.6 is 0 Å². The maximum Gasteiger partial charge on any atom is 0.183 e. The number of rotatable bonds is 2. The maximum absolute atomic E-state index is 12.7. The third kappa shape index (κ3) is 1.84. The van der Waals surface area contributed by atoms with E-state index in [4.69, 9.17) is 0 Å². The molecule has 2 aliphatic rings. The number of likely N-dealkylation sites (N-methyl/N-ethyl adjacent to an activating group) is 1. The molecule has 5 heteroatoms. The second-order valence-electron chi connectivity index (χ2n) is 5.07. The lowest BCUT2D eigenvalue weighted by Gasteiger charge is -2.26. The largest absolute Gasteiger partial charge is 0.293 e. The summed E-state index contributed by atoms with van der Waals surface area (Å²) in [6.07, 6.45) is 3.62. The number of hydrogen-bond acceptors (Lipinski definition) is 4. The minimum atomic E-state index is -3.39. The normalized spacial score (nSPS) is 30.8. The summed E-state index contributed by atoms with van der Waals surface area (Å²) in [7, 11) is -1.58. The minimum Gasteiger partial charge on any atom is -0.293 e. The minimum absolute atomic E-state index is 0.00418. The van der Waals surface area contributed by atoms with Crippen molar-refractivity contribution in [2.75, 3.05) is 7.05 Å². The number of benzene rings is 1. The molecule has 0 aromatic heterocycles. The summed E-state index contributed by atoms with van der Waals surface area (Å²) < 4.78 is 25.3. The topological polar surface area (TPSA) is 54.5 Å². The predicted octanol–water partition coefficient (Wildman–Crippen LogP) is 1.04. The van der Waals surface area contributed by atoms with Crippen molar-refractivity contribution in [2.45, 2.75) is 28.6 Å². The Bertz CT molecular complexity index is 636. The lowest BCUT2D eigenvalue weighted by Crippen LogP contribution is -2.41. The van der Waals surface area contributed by atoms with Crippen LogP contribution in [-0.2, 0) is 14.6 Å². The van der Waals surface area contributed by atoms with E-state index >= 15 is 0 Å². The molecule has 0 radical (unpaired) electrons. The molecule has 1 aromatic rings. The van der Waals surface area contributed by atoms with Gasteiger partial charge in [0.25, 0.3) is 0 Å². The summed E-state index contributed by atoms with van der Waals surface area (Å²) in [5.74, 6) is 0.00418. The molecular weight excluding hydrogens is 262 g/mol. The van der Waals surface area contributed by atoms with E-state index in [1.54, 1.807) is 36.4 Å². The molecule has 4 nitrogen and oxygen atoms in total. The predicted molar refractivity (Wildman–Crippen MR) is 71.5 cm³/mol. The van der Waals surface area contributed by atoms with Crippen molar-refractivity contribution in [2.24, 2.45) is 0 Å². The molecule has 3 atom stereocenters. The zero-order chi connectivity index (χ0) is 13.6. The highest BCUT2D eigenvalue weighted by Gasteiger charge is 2.49. The molecule has 3 unspecified atom stereocenters. The number of sulfone groups is 1. The first-order valence-corrected chi connectivity index (χ1v) is 7.79. The fourth-order valence-corrected chi connectivity index (χ4v) is 4.94. The highest BCUT2D eigenvalue weighted by atomic mass is 32.2. The zero-order valence-electron chi connectivity index (χ0n) is 10.6. The van der Waals surface area contributed by atoms with Gasteiger partial charge in [-0.3, -0.25) is 9.69 Å². The summed E-state index contributed by atoms with van der Waals surface area (Å²) in [4.78, 5) is 14.0. The van der Waals surface area contributed by atoms with Gasteiger partial charge in [0.15, 0.2) is 15.6 Å². The third-order valence-electron chi connectivity index (χ3n) is 4.05. The van der Waals surface area contributed by atoms with Gasteiger partial charge in [-0.15, -0.1) is 0 Å². The monoisotopic (exact) mass is 277 g/mol. The Labute approximate surface area is 112 Å². The molecule has 0 amide bonds. The zero-order valence-corrected chi connectivity index (χ0v) is 11.4. The van der Waals surface area contributed by atoms with E-state index in [1.165, 1.54) is 6.08 Å².